The van der Waals surface area contributed by atoms with Gasteiger partial charge in [0.25, 0.3) is 0 Å². The summed E-state index contributed by atoms with van der Waals surface area (Å²) in [4.78, 5) is 14.9. The van der Waals surface area contributed by atoms with Gasteiger partial charge in [0.05, 0.1) is 16.8 Å². The molecule has 0 amide bonds. The maximum Gasteiger partial charge on any atom is 0.416 e. The van der Waals surface area contributed by atoms with Crippen LogP contribution in [0.3, 0.4) is 0 Å². The number of allylic oxidation sites excluding steroid dienone is 1. The van der Waals surface area contributed by atoms with E-state index in [0.29, 0.717) is 12.1 Å². The average molecular weight is 472 g/mol. The molecule has 0 spiro atoms. The van der Waals surface area contributed by atoms with Gasteiger partial charge in [0, 0.05) is 5.56 Å². The van der Waals surface area contributed by atoms with E-state index in [1.807, 2.05) is 0 Å². The summed E-state index contributed by atoms with van der Waals surface area (Å²) in [6.07, 6.45) is -9.00. The predicted octanol–water partition coefficient (Wildman–Crippen LogP) is 5.29. The molecule has 0 aliphatic rings. The molecule has 2 rings (SSSR count). The highest BCUT2D eigenvalue weighted by molar-refractivity contribution is 9.12. The minimum absolute atomic E-state index is 0.000952. The molecule has 12 heteroatoms. The quantitative estimate of drug-likeness (QED) is 0.486. The third kappa shape index (κ3) is 4.72. The lowest BCUT2D eigenvalue weighted by Crippen LogP contribution is -2.11. The molecule has 0 aliphatic carbocycles. The van der Waals surface area contributed by atoms with Gasteiger partial charge < -0.3 is 5.11 Å². The fraction of sp³-hybridized carbons (Fsp3) is 0.312. The third-order valence-electron chi connectivity index (χ3n) is 3.54. The van der Waals surface area contributed by atoms with Crippen LogP contribution in [-0.2, 0) is 17.1 Å². The number of aliphatic carboxylic acids is 1. The van der Waals surface area contributed by atoms with Gasteiger partial charge in [-0.05, 0) is 40.0 Å². The Morgan fingerprint density at radius 3 is 1.96 bits per heavy atom. The fourth-order valence-electron chi connectivity index (χ4n) is 2.32. The second kappa shape index (κ2) is 7.57. The van der Waals surface area contributed by atoms with Gasteiger partial charge in [-0.3, -0.25) is 0 Å². The van der Waals surface area contributed by atoms with E-state index in [2.05, 4.69) is 26.0 Å². The average Bonchev–Trinajstić information content (AvgIpc) is 3.02. The highest BCUT2D eigenvalue weighted by Crippen LogP contribution is 2.38. The minimum Gasteiger partial charge on any atom is -0.477 e. The van der Waals surface area contributed by atoms with Gasteiger partial charge in [0.1, 0.15) is 10.8 Å². The molecule has 0 atom stereocenters. The third-order valence-corrected chi connectivity index (χ3v) is 4.29. The van der Waals surface area contributed by atoms with Crippen LogP contribution in [0.4, 0.5) is 26.3 Å². The van der Waals surface area contributed by atoms with E-state index in [4.69, 9.17) is 5.11 Å². The van der Waals surface area contributed by atoms with Gasteiger partial charge in [-0.25, -0.2) is 14.5 Å². The molecule has 1 heterocycles. The minimum atomic E-state index is -5.01. The lowest BCUT2D eigenvalue weighted by molar-refractivity contribution is -0.143. The number of nitrogens with zero attached hydrogens (tertiary/aromatic N) is 3. The van der Waals surface area contributed by atoms with Gasteiger partial charge in [0.15, 0.2) is 5.82 Å². The molecule has 0 bridgehead atoms. The van der Waals surface area contributed by atoms with Crippen molar-refractivity contribution < 1.29 is 36.2 Å². The number of hydrogen-bond donors (Lipinski definition) is 1. The molecule has 1 N–H and O–H groups in total. The van der Waals surface area contributed by atoms with Crippen LogP contribution in [-0.4, -0.2) is 25.8 Å². The molecule has 0 radical (unpaired) electrons. The SMILES string of the molecule is CC(C)/C(=C(/Br)C(=O)O)n1cnc(-c2cc(C(F)(F)F)cc(C(F)(F)F)c2)n1. The first kappa shape index (κ1) is 21.9. The Kier molecular flexibility index (Phi) is 5.93. The van der Waals surface area contributed by atoms with Crippen molar-refractivity contribution in [1.82, 2.24) is 14.8 Å². The number of hydrogen-bond acceptors (Lipinski definition) is 3. The summed E-state index contributed by atoms with van der Waals surface area (Å²) >= 11 is 2.88. The Morgan fingerprint density at radius 1 is 1.07 bits per heavy atom. The van der Waals surface area contributed by atoms with Crippen molar-refractivity contribution in [3.63, 3.8) is 0 Å². The summed E-state index contributed by atoms with van der Waals surface area (Å²) in [5.74, 6) is -2.13. The van der Waals surface area contributed by atoms with Crippen LogP contribution in [0.1, 0.15) is 25.0 Å². The maximum atomic E-state index is 13.0. The fourth-order valence-corrected chi connectivity index (χ4v) is 2.96. The van der Waals surface area contributed by atoms with E-state index in [-0.39, 0.29) is 16.2 Å². The van der Waals surface area contributed by atoms with E-state index >= 15 is 0 Å². The summed E-state index contributed by atoms with van der Waals surface area (Å²) < 4.78 is 78.7. The van der Waals surface area contributed by atoms with Crippen molar-refractivity contribution in [2.24, 2.45) is 5.92 Å². The number of alkyl halides is 6. The summed E-state index contributed by atoms with van der Waals surface area (Å²) in [7, 11) is 0. The van der Waals surface area contributed by atoms with Gasteiger partial charge in [-0.1, -0.05) is 13.8 Å². The molecular weight excluding hydrogens is 460 g/mol. The molecule has 0 saturated carbocycles. The zero-order valence-electron chi connectivity index (χ0n) is 14.2. The molecule has 0 aliphatic heterocycles. The first-order chi connectivity index (χ1) is 12.7. The van der Waals surface area contributed by atoms with Crippen LogP contribution in [0.25, 0.3) is 17.1 Å². The lowest BCUT2D eigenvalue weighted by Gasteiger charge is -2.13. The standard InChI is InChI=1S/C16H12BrF6N3O2/c1-7(2)12(11(17)14(27)28)26-6-24-13(25-26)8-3-9(15(18,19)20)5-10(4-8)16(21,22)23/h3-7H,1-2H3,(H,27,28)/b12-11-. The second-order valence-corrected chi connectivity index (χ2v) is 6.76. The molecule has 0 unspecified atom stereocenters. The number of carboxylic acid groups (broad SMARTS) is 1. The zero-order chi connectivity index (χ0) is 21.4. The molecule has 0 saturated heterocycles. The highest BCUT2D eigenvalue weighted by atomic mass is 79.9. The van der Waals surface area contributed by atoms with E-state index < -0.39 is 46.8 Å². The summed E-state index contributed by atoms with van der Waals surface area (Å²) in [5.41, 5.74) is -3.38. The predicted molar refractivity (Wildman–Crippen MR) is 90.1 cm³/mol. The van der Waals surface area contributed by atoms with Crippen LogP contribution < -0.4 is 0 Å². The van der Waals surface area contributed by atoms with Crippen molar-refractivity contribution in [2.75, 3.05) is 0 Å². The van der Waals surface area contributed by atoms with Crippen LogP contribution in [0.15, 0.2) is 29.0 Å². The van der Waals surface area contributed by atoms with E-state index in [9.17, 15) is 31.1 Å². The molecular formula is C16H12BrF6N3O2. The first-order valence-corrected chi connectivity index (χ1v) is 8.36. The number of carboxylic acids is 1. The van der Waals surface area contributed by atoms with Crippen molar-refractivity contribution in [3.05, 3.63) is 40.1 Å². The topological polar surface area (TPSA) is 68.0 Å². The Balaban J connectivity index is 2.64. The van der Waals surface area contributed by atoms with E-state index in [1.165, 1.54) is 0 Å². The maximum absolute atomic E-state index is 13.0. The monoisotopic (exact) mass is 471 g/mol. The van der Waals surface area contributed by atoms with Gasteiger partial charge in [-0.15, -0.1) is 5.10 Å². The Labute approximate surface area is 162 Å². The van der Waals surface area contributed by atoms with E-state index in [0.717, 1.165) is 11.0 Å². The van der Waals surface area contributed by atoms with Crippen molar-refractivity contribution in [1.29, 1.82) is 0 Å². The number of benzene rings is 1. The normalized spacial score (nSPS) is 13.6. The van der Waals surface area contributed by atoms with Gasteiger partial charge >= 0.3 is 18.3 Å². The highest BCUT2D eigenvalue weighted by Gasteiger charge is 2.37. The lowest BCUT2D eigenvalue weighted by atomic mass is 10.0. The van der Waals surface area contributed by atoms with Crippen LogP contribution in [0.2, 0.25) is 0 Å². The van der Waals surface area contributed by atoms with Crippen molar-refractivity contribution in [3.8, 4) is 11.4 Å². The summed E-state index contributed by atoms with van der Waals surface area (Å²) in [6.45, 7) is 3.26. The second-order valence-electron chi connectivity index (χ2n) is 5.97. The zero-order valence-corrected chi connectivity index (χ0v) is 15.8. The van der Waals surface area contributed by atoms with Crippen LogP contribution >= 0.6 is 15.9 Å². The van der Waals surface area contributed by atoms with Crippen LogP contribution in [0.5, 0.6) is 0 Å². The largest absolute Gasteiger partial charge is 0.477 e. The number of halogens is 7. The molecule has 1 aromatic carbocycles. The van der Waals surface area contributed by atoms with E-state index in [1.54, 1.807) is 13.8 Å². The summed E-state index contributed by atoms with van der Waals surface area (Å²) in [6, 6.07) is 1.00. The molecule has 28 heavy (non-hydrogen) atoms. The number of aromatic nitrogens is 3. The molecule has 152 valence electrons. The Morgan fingerprint density at radius 2 is 1.57 bits per heavy atom. The molecule has 0 fully saturated rings. The molecule has 5 nitrogen and oxygen atoms in total. The summed E-state index contributed by atoms with van der Waals surface area (Å²) in [5, 5.41) is 13.0. The molecule has 2 aromatic rings. The Bertz CT molecular complexity index is 899. The van der Waals surface area contributed by atoms with Crippen LogP contribution in [0, 0.1) is 5.92 Å². The van der Waals surface area contributed by atoms with Crippen molar-refractivity contribution >= 4 is 27.6 Å². The van der Waals surface area contributed by atoms with Crippen molar-refractivity contribution in [2.45, 2.75) is 26.2 Å². The first-order valence-electron chi connectivity index (χ1n) is 7.56. The van der Waals surface area contributed by atoms with Gasteiger partial charge in [0.2, 0.25) is 0 Å². The Hall–Kier alpha value is -2.37. The van der Waals surface area contributed by atoms with Gasteiger partial charge in [-0.2, -0.15) is 26.3 Å². The smallest absolute Gasteiger partial charge is 0.416 e. The number of rotatable bonds is 4. The molecule has 1 aromatic heterocycles. The number of carbonyl (C=O) groups is 1.